The molecule has 0 bridgehead atoms. The van der Waals surface area contributed by atoms with Crippen LogP contribution in [0.5, 0.6) is 0 Å². The van der Waals surface area contributed by atoms with E-state index in [4.69, 9.17) is 10.7 Å². The zero-order chi connectivity index (χ0) is 15.6. The van der Waals surface area contributed by atoms with Crippen LogP contribution in [0.1, 0.15) is 15.9 Å². The number of hydrogen-bond donors (Lipinski definition) is 1. The van der Waals surface area contributed by atoms with Crippen molar-refractivity contribution in [1.82, 2.24) is 0 Å². The van der Waals surface area contributed by atoms with E-state index < -0.39 is 20.8 Å². The van der Waals surface area contributed by atoms with Gasteiger partial charge in [-0.15, -0.1) is 0 Å². The third-order valence-corrected chi connectivity index (χ3v) is 4.19. The van der Waals surface area contributed by atoms with Crippen molar-refractivity contribution >= 4 is 31.3 Å². The molecule has 0 atom stereocenters. The van der Waals surface area contributed by atoms with Gasteiger partial charge in [0.05, 0.1) is 4.90 Å². The largest absolute Gasteiger partial charge is 0.322 e. The van der Waals surface area contributed by atoms with Gasteiger partial charge in [0.15, 0.2) is 0 Å². The van der Waals surface area contributed by atoms with E-state index in [0.29, 0.717) is 16.8 Å². The standard InChI is InChI=1S/C14H11ClFNO3S/c1-9-8-12(21(15,19)20)6-7-13(9)17-14(18)10-2-4-11(16)5-3-10/h2-8H,1H3,(H,17,18). The summed E-state index contributed by atoms with van der Waals surface area (Å²) in [7, 11) is 1.44. The fourth-order valence-corrected chi connectivity index (χ4v) is 2.56. The second-order valence-electron chi connectivity index (χ2n) is 4.38. The molecule has 0 aliphatic heterocycles. The number of hydrogen-bond acceptors (Lipinski definition) is 3. The Morgan fingerprint density at radius 3 is 2.29 bits per heavy atom. The van der Waals surface area contributed by atoms with Crippen molar-refractivity contribution in [2.24, 2.45) is 0 Å². The van der Waals surface area contributed by atoms with Crippen molar-refractivity contribution in [1.29, 1.82) is 0 Å². The second-order valence-corrected chi connectivity index (χ2v) is 6.94. The van der Waals surface area contributed by atoms with Crippen LogP contribution in [0, 0.1) is 12.7 Å². The monoisotopic (exact) mass is 327 g/mol. The molecule has 2 aromatic rings. The lowest BCUT2D eigenvalue weighted by Gasteiger charge is -2.09. The molecule has 0 saturated carbocycles. The van der Waals surface area contributed by atoms with Gasteiger partial charge in [0.25, 0.3) is 15.0 Å². The molecule has 0 radical (unpaired) electrons. The summed E-state index contributed by atoms with van der Waals surface area (Å²) in [5.74, 6) is -0.848. The van der Waals surface area contributed by atoms with Crippen LogP contribution in [0.3, 0.4) is 0 Å². The third-order valence-electron chi connectivity index (χ3n) is 2.83. The Morgan fingerprint density at radius 1 is 1.14 bits per heavy atom. The molecule has 0 unspecified atom stereocenters. The molecule has 0 spiro atoms. The maximum Gasteiger partial charge on any atom is 0.261 e. The Balaban J connectivity index is 2.24. The highest BCUT2D eigenvalue weighted by Crippen LogP contribution is 2.22. The van der Waals surface area contributed by atoms with Crippen molar-refractivity contribution in [3.63, 3.8) is 0 Å². The molecule has 0 aliphatic carbocycles. The van der Waals surface area contributed by atoms with E-state index in [9.17, 15) is 17.6 Å². The van der Waals surface area contributed by atoms with Crippen LogP contribution in [0.25, 0.3) is 0 Å². The highest BCUT2D eigenvalue weighted by atomic mass is 35.7. The first-order valence-corrected chi connectivity index (χ1v) is 8.20. The molecule has 110 valence electrons. The molecule has 2 rings (SSSR count). The Kier molecular flexibility index (Phi) is 4.29. The number of nitrogens with one attached hydrogen (secondary N) is 1. The summed E-state index contributed by atoms with van der Waals surface area (Å²) in [5.41, 5.74) is 1.30. The predicted molar refractivity (Wildman–Crippen MR) is 78.6 cm³/mol. The lowest BCUT2D eigenvalue weighted by Crippen LogP contribution is -2.12. The summed E-state index contributed by atoms with van der Waals surface area (Å²) in [5, 5.41) is 2.63. The van der Waals surface area contributed by atoms with Crippen LogP contribution < -0.4 is 5.32 Å². The molecule has 1 amide bonds. The van der Waals surface area contributed by atoms with Crippen LogP contribution in [-0.2, 0) is 9.05 Å². The minimum absolute atomic E-state index is 0.0403. The molecule has 1 N–H and O–H groups in total. The van der Waals surface area contributed by atoms with Gasteiger partial charge >= 0.3 is 0 Å². The molecule has 0 saturated heterocycles. The quantitative estimate of drug-likeness (QED) is 0.880. The van der Waals surface area contributed by atoms with E-state index in [2.05, 4.69) is 5.32 Å². The molecule has 2 aromatic carbocycles. The van der Waals surface area contributed by atoms with Crippen molar-refractivity contribution in [2.45, 2.75) is 11.8 Å². The number of benzene rings is 2. The summed E-state index contributed by atoms with van der Waals surface area (Å²) in [6.45, 7) is 1.64. The Labute approximate surface area is 126 Å². The number of carbonyl (C=O) groups is 1. The number of rotatable bonds is 3. The zero-order valence-electron chi connectivity index (χ0n) is 10.9. The summed E-state index contributed by atoms with van der Waals surface area (Å²) in [4.78, 5) is 11.9. The molecule has 0 fully saturated rings. The summed E-state index contributed by atoms with van der Waals surface area (Å²) in [6, 6.07) is 9.20. The van der Waals surface area contributed by atoms with E-state index in [1.165, 1.54) is 42.5 Å². The number of amides is 1. The first kappa shape index (κ1) is 15.5. The highest BCUT2D eigenvalue weighted by molar-refractivity contribution is 8.13. The van der Waals surface area contributed by atoms with Crippen LogP contribution in [0.15, 0.2) is 47.4 Å². The molecule has 0 heterocycles. The number of anilines is 1. The Bertz CT molecular complexity index is 788. The minimum atomic E-state index is -3.81. The van der Waals surface area contributed by atoms with Crippen molar-refractivity contribution in [3.8, 4) is 0 Å². The van der Waals surface area contributed by atoms with Crippen LogP contribution >= 0.6 is 10.7 Å². The van der Waals surface area contributed by atoms with Gasteiger partial charge in [0.2, 0.25) is 0 Å². The third kappa shape index (κ3) is 3.80. The van der Waals surface area contributed by atoms with E-state index in [0.717, 1.165) is 0 Å². The Morgan fingerprint density at radius 2 is 1.76 bits per heavy atom. The molecule has 7 heteroatoms. The van der Waals surface area contributed by atoms with Gasteiger partial charge in [0.1, 0.15) is 5.82 Å². The number of halogens is 2. The van der Waals surface area contributed by atoms with Gasteiger partial charge in [0, 0.05) is 21.9 Å². The van der Waals surface area contributed by atoms with Gasteiger partial charge in [-0.2, -0.15) is 0 Å². The maximum absolute atomic E-state index is 12.8. The van der Waals surface area contributed by atoms with Crippen molar-refractivity contribution < 1.29 is 17.6 Å². The normalized spacial score (nSPS) is 11.2. The zero-order valence-corrected chi connectivity index (χ0v) is 12.5. The van der Waals surface area contributed by atoms with Gasteiger partial charge in [-0.3, -0.25) is 4.79 Å². The van der Waals surface area contributed by atoms with E-state index >= 15 is 0 Å². The molecular weight excluding hydrogens is 317 g/mol. The molecule has 0 aliphatic rings. The molecular formula is C14H11ClFNO3S. The second kappa shape index (κ2) is 5.83. The summed E-state index contributed by atoms with van der Waals surface area (Å²) >= 11 is 0. The van der Waals surface area contributed by atoms with Crippen LogP contribution in [0.4, 0.5) is 10.1 Å². The van der Waals surface area contributed by atoms with Gasteiger partial charge in [-0.25, -0.2) is 12.8 Å². The summed E-state index contributed by atoms with van der Waals surface area (Å²) in [6.07, 6.45) is 0. The summed E-state index contributed by atoms with van der Waals surface area (Å²) < 4.78 is 35.2. The topological polar surface area (TPSA) is 63.2 Å². The van der Waals surface area contributed by atoms with Gasteiger partial charge in [-0.1, -0.05) is 0 Å². The predicted octanol–water partition coefficient (Wildman–Crippen LogP) is 3.31. The Hall–Kier alpha value is -1.92. The average molecular weight is 328 g/mol. The van der Waals surface area contributed by atoms with E-state index in [1.807, 2.05) is 0 Å². The SMILES string of the molecule is Cc1cc(S(=O)(=O)Cl)ccc1NC(=O)c1ccc(F)cc1. The first-order valence-electron chi connectivity index (χ1n) is 5.89. The van der Waals surface area contributed by atoms with Crippen LogP contribution in [0.2, 0.25) is 0 Å². The van der Waals surface area contributed by atoms with Crippen molar-refractivity contribution in [2.75, 3.05) is 5.32 Å². The van der Waals surface area contributed by atoms with E-state index in [1.54, 1.807) is 6.92 Å². The maximum atomic E-state index is 12.8. The van der Waals surface area contributed by atoms with Gasteiger partial charge < -0.3 is 5.32 Å². The number of aryl methyl sites for hydroxylation is 1. The first-order chi connectivity index (χ1) is 9.77. The van der Waals surface area contributed by atoms with Crippen molar-refractivity contribution in [3.05, 3.63) is 59.4 Å². The van der Waals surface area contributed by atoms with E-state index in [-0.39, 0.29) is 4.90 Å². The fourth-order valence-electron chi connectivity index (χ4n) is 1.72. The van der Waals surface area contributed by atoms with Gasteiger partial charge in [-0.05, 0) is 55.0 Å². The molecule has 4 nitrogen and oxygen atoms in total. The lowest BCUT2D eigenvalue weighted by atomic mass is 10.1. The van der Waals surface area contributed by atoms with Crippen LogP contribution in [-0.4, -0.2) is 14.3 Å². The molecule has 0 aromatic heterocycles. The highest BCUT2D eigenvalue weighted by Gasteiger charge is 2.13. The lowest BCUT2D eigenvalue weighted by molar-refractivity contribution is 0.102. The fraction of sp³-hybridized carbons (Fsp3) is 0.0714. The molecule has 21 heavy (non-hydrogen) atoms. The number of carbonyl (C=O) groups excluding carboxylic acids is 1. The minimum Gasteiger partial charge on any atom is -0.322 e. The smallest absolute Gasteiger partial charge is 0.261 e. The average Bonchev–Trinajstić information content (AvgIpc) is 2.40.